The fourth-order valence-electron chi connectivity index (χ4n) is 5.22. The van der Waals surface area contributed by atoms with E-state index in [2.05, 4.69) is 22.0 Å². The quantitative estimate of drug-likeness (QED) is 0.645. The fourth-order valence-corrected chi connectivity index (χ4v) is 5.22. The van der Waals surface area contributed by atoms with E-state index < -0.39 is 23.6 Å². The van der Waals surface area contributed by atoms with Gasteiger partial charge in [0.1, 0.15) is 30.9 Å². The Kier molecular flexibility index (Phi) is 7.49. The number of hydrogen-bond acceptors (Lipinski definition) is 7. The molecule has 192 valence electrons. The Morgan fingerprint density at radius 2 is 1.80 bits per heavy atom. The van der Waals surface area contributed by atoms with E-state index in [-0.39, 0.29) is 36.9 Å². The zero-order valence-electron chi connectivity index (χ0n) is 21.5. The van der Waals surface area contributed by atoms with Gasteiger partial charge in [-0.25, -0.2) is 0 Å². The summed E-state index contributed by atoms with van der Waals surface area (Å²) in [5.74, 6) is -0.726. The molecule has 3 heterocycles. The van der Waals surface area contributed by atoms with Crippen molar-refractivity contribution in [1.82, 2.24) is 15.1 Å². The molecule has 0 saturated carbocycles. The molecule has 9 heteroatoms. The number of fused-ring (bicyclic) bond motifs is 1. The van der Waals surface area contributed by atoms with Crippen LogP contribution in [0.4, 0.5) is 5.69 Å². The van der Waals surface area contributed by atoms with Crippen molar-refractivity contribution in [2.45, 2.75) is 52.0 Å². The average molecular weight is 487 g/mol. The first kappa shape index (κ1) is 25.6. The lowest BCUT2D eigenvalue weighted by Crippen LogP contribution is -2.57. The predicted octanol–water partition coefficient (Wildman–Crippen LogP) is 1.17. The van der Waals surface area contributed by atoms with Crippen molar-refractivity contribution >= 4 is 23.3 Å². The minimum Gasteiger partial charge on any atom is -0.377 e. The second-order valence-electron chi connectivity index (χ2n) is 10.7. The highest BCUT2D eigenvalue weighted by atomic mass is 16.5. The molecule has 3 aliphatic heterocycles. The molecule has 1 N–H and O–H groups in total. The van der Waals surface area contributed by atoms with Gasteiger partial charge in [-0.15, -0.1) is 0 Å². The molecule has 0 spiro atoms. The topological polar surface area (TPSA) is 91.4 Å². The second kappa shape index (κ2) is 10.2. The zero-order valence-corrected chi connectivity index (χ0v) is 21.5. The molecule has 0 aliphatic carbocycles. The van der Waals surface area contributed by atoms with E-state index in [1.54, 1.807) is 7.11 Å². The zero-order chi connectivity index (χ0) is 25.3. The predicted molar refractivity (Wildman–Crippen MR) is 133 cm³/mol. The Labute approximate surface area is 207 Å². The van der Waals surface area contributed by atoms with Crippen LogP contribution in [-0.2, 0) is 19.1 Å². The second-order valence-corrected chi connectivity index (χ2v) is 10.7. The van der Waals surface area contributed by atoms with Crippen molar-refractivity contribution in [3.05, 3.63) is 29.8 Å². The van der Waals surface area contributed by atoms with Gasteiger partial charge in [0.15, 0.2) is 5.78 Å². The number of likely N-dealkylation sites (tertiary alicyclic amines) is 1. The van der Waals surface area contributed by atoms with E-state index in [0.717, 1.165) is 38.4 Å². The Morgan fingerprint density at radius 1 is 1.14 bits per heavy atom. The number of nitrogens with zero attached hydrogens (tertiary/aromatic N) is 3. The van der Waals surface area contributed by atoms with Crippen LogP contribution in [0.25, 0.3) is 0 Å². The van der Waals surface area contributed by atoms with Crippen molar-refractivity contribution in [3.8, 4) is 0 Å². The number of amides is 2. The summed E-state index contributed by atoms with van der Waals surface area (Å²) in [5.41, 5.74) is 1.03. The highest BCUT2D eigenvalue weighted by Gasteiger charge is 2.54. The van der Waals surface area contributed by atoms with Crippen LogP contribution in [0.3, 0.4) is 0 Å². The van der Waals surface area contributed by atoms with Crippen molar-refractivity contribution in [3.63, 3.8) is 0 Å². The maximum atomic E-state index is 13.7. The van der Waals surface area contributed by atoms with Gasteiger partial charge in [-0.2, -0.15) is 0 Å². The third kappa shape index (κ3) is 5.22. The first-order valence-electron chi connectivity index (χ1n) is 12.5. The van der Waals surface area contributed by atoms with Crippen LogP contribution in [0.5, 0.6) is 0 Å². The van der Waals surface area contributed by atoms with E-state index >= 15 is 0 Å². The Morgan fingerprint density at radius 3 is 2.37 bits per heavy atom. The van der Waals surface area contributed by atoms with E-state index in [4.69, 9.17) is 9.47 Å². The van der Waals surface area contributed by atoms with Gasteiger partial charge in [-0.1, -0.05) is 27.7 Å². The number of nitrogens with one attached hydrogen (secondary N) is 1. The van der Waals surface area contributed by atoms with Gasteiger partial charge in [0.25, 0.3) is 5.91 Å². The number of likely N-dealkylation sites (N-methyl/N-ethyl adjacent to an activating group) is 1. The van der Waals surface area contributed by atoms with Gasteiger partial charge >= 0.3 is 0 Å². The third-order valence-corrected chi connectivity index (χ3v) is 7.43. The van der Waals surface area contributed by atoms with Gasteiger partial charge in [0, 0.05) is 44.5 Å². The summed E-state index contributed by atoms with van der Waals surface area (Å²) < 4.78 is 11.1. The number of hydrogen-bond donors (Lipinski definition) is 1. The van der Waals surface area contributed by atoms with Crippen LogP contribution in [-0.4, -0.2) is 105 Å². The lowest BCUT2D eigenvalue weighted by Gasteiger charge is -2.35. The Bertz CT molecular complexity index is 936. The van der Waals surface area contributed by atoms with Gasteiger partial charge in [-0.3, -0.25) is 14.4 Å². The number of carbonyl (C=O) groups is 3. The molecule has 4 atom stereocenters. The summed E-state index contributed by atoms with van der Waals surface area (Å²) in [5, 5.41) is 2.95. The number of methoxy groups -OCH3 is 1. The van der Waals surface area contributed by atoms with Crippen molar-refractivity contribution < 1.29 is 23.9 Å². The molecule has 1 aromatic carbocycles. The molecule has 1 aromatic rings. The van der Waals surface area contributed by atoms with Crippen LogP contribution < -0.4 is 10.2 Å². The lowest BCUT2D eigenvalue weighted by atomic mass is 9.85. The standard InChI is InChI=1S/C26H38N4O5/c1-6-28-11-13-29(14-12-28)18-9-7-17(8-10-18)24(32)27-23(26(2,3)4)25(33)30-15-20(34-5)22-21(30)19(31)16-35-22/h7-10,20-23H,6,11-16H2,1-5H3,(H,27,32)/t20-,21-,22-,23?/m1/s1. The molecule has 2 amide bonds. The maximum Gasteiger partial charge on any atom is 0.251 e. The number of ketones is 1. The van der Waals surface area contributed by atoms with Crippen molar-refractivity contribution in [2.75, 3.05) is 57.9 Å². The Balaban J connectivity index is 1.46. The van der Waals surface area contributed by atoms with Gasteiger partial charge in [0.05, 0.1) is 6.54 Å². The van der Waals surface area contributed by atoms with Crippen molar-refractivity contribution in [2.24, 2.45) is 5.41 Å². The molecule has 4 rings (SSSR count). The van der Waals surface area contributed by atoms with E-state index in [1.165, 1.54) is 4.90 Å². The molecule has 0 radical (unpaired) electrons. The summed E-state index contributed by atoms with van der Waals surface area (Å²) in [6.07, 6.45) is -0.821. The molecule has 9 nitrogen and oxygen atoms in total. The van der Waals surface area contributed by atoms with Gasteiger partial charge in [0.2, 0.25) is 5.91 Å². The Hall–Kier alpha value is -2.49. The number of rotatable bonds is 6. The number of anilines is 1. The minimum atomic E-state index is -0.804. The molecule has 3 aliphatic rings. The molecule has 0 aromatic heterocycles. The van der Waals surface area contributed by atoms with Gasteiger partial charge in [-0.05, 0) is 36.2 Å². The SMILES string of the molecule is CCN1CCN(c2ccc(C(=O)NC(C(=O)N3C[C@@H](OC)[C@H]4OCC(=O)[C@H]43)C(C)(C)C)cc2)CC1. The molecule has 3 fully saturated rings. The number of Topliss-reactive ketones (excluding diaryl/α,β-unsaturated/α-hetero) is 1. The molecule has 1 unspecified atom stereocenters. The van der Waals surface area contributed by atoms with Crippen LogP contribution in [0.1, 0.15) is 38.1 Å². The highest BCUT2D eigenvalue weighted by molar-refractivity contribution is 5.99. The molecule has 3 saturated heterocycles. The summed E-state index contributed by atoms with van der Waals surface area (Å²) in [4.78, 5) is 45.6. The van der Waals surface area contributed by atoms with Crippen LogP contribution in [0, 0.1) is 5.41 Å². The highest BCUT2D eigenvalue weighted by Crippen LogP contribution is 2.32. The van der Waals surface area contributed by atoms with Gasteiger partial charge < -0.3 is 29.5 Å². The summed E-state index contributed by atoms with van der Waals surface area (Å²) >= 11 is 0. The fraction of sp³-hybridized carbons (Fsp3) is 0.654. The number of piperazine rings is 1. The third-order valence-electron chi connectivity index (χ3n) is 7.43. The van der Waals surface area contributed by atoms with E-state index in [9.17, 15) is 14.4 Å². The maximum absolute atomic E-state index is 13.7. The van der Waals surface area contributed by atoms with E-state index in [0.29, 0.717) is 5.56 Å². The summed E-state index contributed by atoms with van der Waals surface area (Å²) in [6, 6.07) is 6.08. The van der Waals surface area contributed by atoms with E-state index in [1.807, 2.05) is 45.0 Å². The normalized spacial score (nSPS) is 26.1. The first-order valence-corrected chi connectivity index (χ1v) is 12.5. The van der Waals surface area contributed by atoms with Crippen molar-refractivity contribution in [1.29, 1.82) is 0 Å². The monoisotopic (exact) mass is 486 g/mol. The summed E-state index contributed by atoms with van der Waals surface area (Å²) in [6.45, 7) is 13.2. The first-order chi connectivity index (χ1) is 16.6. The molecular formula is C26H38N4O5. The average Bonchev–Trinajstić information content (AvgIpc) is 3.41. The smallest absolute Gasteiger partial charge is 0.251 e. The number of benzene rings is 1. The molecule has 0 bridgehead atoms. The number of carbonyl (C=O) groups excluding carboxylic acids is 3. The molecule has 35 heavy (non-hydrogen) atoms. The largest absolute Gasteiger partial charge is 0.377 e. The lowest BCUT2D eigenvalue weighted by molar-refractivity contribution is -0.140. The molecular weight excluding hydrogens is 448 g/mol. The van der Waals surface area contributed by atoms with Crippen LogP contribution in [0.15, 0.2) is 24.3 Å². The number of ether oxygens (including phenoxy) is 2. The van der Waals surface area contributed by atoms with Crippen LogP contribution in [0.2, 0.25) is 0 Å². The summed E-state index contributed by atoms with van der Waals surface area (Å²) in [7, 11) is 1.55. The minimum absolute atomic E-state index is 0.0225. The van der Waals surface area contributed by atoms with Crippen LogP contribution >= 0.6 is 0 Å².